The van der Waals surface area contributed by atoms with E-state index in [4.69, 9.17) is 22.0 Å². The molecule has 0 aliphatic rings. The van der Waals surface area contributed by atoms with Gasteiger partial charge < -0.3 is 15.7 Å². The van der Waals surface area contributed by atoms with Gasteiger partial charge in [0.05, 0.1) is 30.3 Å². The number of fused-ring (bicyclic) bond motifs is 1. The summed E-state index contributed by atoms with van der Waals surface area (Å²) < 4.78 is 1.69. The third kappa shape index (κ3) is 5.69. The van der Waals surface area contributed by atoms with E-state index in [1.165, 1.54) is 0 Å². The lowest BCUT2D eigenvalue weighted by atomic mass is 9.86. The van der Waals surface area contributed by atoms with E-state index in [9.17, 15) is 9.59 Å². The molecule has 2 amide bonds. The zero-order chi connectivity index (χ0) is 24.2. The predicted molar refractivity (Wildman–Crippen MR) is 126 cm³/mol. The quantitative estimate of drug-likeness (QED) is 0.493. The number of amides is 2. The van der Waals surface area contributed by atoms with Crippen LogP contribution in [0.25, 0.3) is 10.9 Å². The minimum absolute atomic E-state index is 0.0963. The van der Waals surface area contributed by atoms with Gasteiger partial charge in [-0.15, -0.1) is 0 Å². The Balaban J connectivity index is 1.95. The number of benzene rings is 2. The zero-order valence-corrected chi connectivity index (χ0v) is 19.5. The minimum atomic E-state index is -0.838. The molecule has 1 heterocycles. The Kier molecular flexibility index (Phi) is 7.36. The number of nitrogens with zero attached hydrogens (tertiary/aromatic N) is 3. The summed E-state index contributed by atoms with van der Waals surface area (Å²) in [6, 6.07) is 13.6. The van der Waals surface area contributed by atoms with Crippen LogP contribution in [-0.4, -0.2) is 45.9 Å². The van der Waals surface area contributed by atoms with Gasteiger partial charge in [-0.1, -0.05) is 44.5 Å². The molecule has 3 aromatic rings. The van der Waals surface area contributed by atoms with Crippen LogP contribution >= 0.6 is 11.6 Å². The van der Waals surface area contributed by atoms with Crippen molar-refractivity contribution in [3.05, 3.63) is 64.3 Å². The van der Waals surface area contributed by atoms with Gasteiger partial charge in [0.25, 0.3) is 5.91 Å². The highest BCUT2D eigenvalue weighted by atomic mass is 35.5. The molecule has 0 bridgehead atoms. The second-order valence-electron chi connectivity index (χ2n) is 8.76. The first-order valence-corrected chi connectivity index (χ1v) is 10.9. The van der Waals surface area contributed by atoms with E-state index in [1.807, 2.05) is 32.9 Å². The number of aliphatic hydroxyl groups is 1. The molecule has 3 rings (SSSR count). The molecular weight excluding hydrogens is 442 g/mol. The summed E-state index contributed by atoms with van der Waals surface area (Å²) in [5, 5.41) is 29.0. The van der Waals surface area contributed by atoms with E-state index >= 15 is 0 Å². The van der Waals surface area contributed by atoms with Crippen LogP contribution in [0.3, 0.4) is 0 Å². The van der Waals surface area contributed by atoms with E-state index in [0.717, 1.165) is 5.56 Å². The number of carbonyl (C=O) groups is 2. The van der Waals surface area contributed by atoms with Crippen LogP contribution in [0.2, 0.25) is 5.02 Å². The van der Waals surface area contributed by atoms with Crippen molar-refractivity contribution in [1.29, 1.82) is 5.26 Å². The molecule has 0 fully saturated rings. The molecule has 0 radical (unpaired) electrons. The van der Waals surface area contributed by atoms with E-state index in [-0.39, 0.29) is 24.8 Å². The standard InChI is InChI=1S/C24H26ClN5O3/c1-24(2,3)21(23(33)27-10-11-31)28-22(32)20-18-12-17(25)8-9-19(18)30(29-20)14-16-6-4-15(13-26)5-7-16/h4-9,12,21,31H,10-11,14H2,1-3H3,(H,27,33)(H,28,32)/t21-/m1/s1. The van der Waals surface area contributed by atoms with Gasteiger partial charge in [-0.2, -0.15) is 10.4 Å². The zero-order valence-electron chi connectivity index (χ0n) is 18.7. The summed E-state index contributed by atoms with van der Waals surface area (Å²) in [5.74, 6) is -0.885. The third-order valence-electron chi connectivity index (χ3n) is 5.16. The number of aromatic nitrogens is 2. The van der Waals surface area contributed by atoms with Crippen molar-refractivity contribution in [2.75, 3.05) is 13.2 Å². The van der Waals surface area contributed by atoms with Gasteiger partial charge in [0, 0.05) is 17.0 Å². The summed E-state index contributed by atoms with van der Waals surface area (Å²) in [6.45, 7) is 5.81. The lowest BCUT2D eigenvalue weighted by Crippen LogP contribution is -2.54. The monoisotopic (exact) mass is 467 g/mol. The van der Waals surface area contributed by atoms with Gasteiger partial charge >= 0.3 is 0 Å². The molecule has 172 valence electrons. The Morgan fingerprint density at radius 3 is 2.52 bits per heavy atom. The second kappa shape index (κ2) is 10.0. The molecule has 0 saturated carbocycles. The topological polar surface area (TPSA) is 120 Å². The molecule has 33 heavy (non-hydrogen) atoms. The number of nitrogens with one attached hydrogen (secondary N) is 2. The van der Waals surface area contributed by atoms with Crippen LogP contribution in [0, 0.1) is 16.7 Å². The first kappa shape index (κ1) is 24.2. The molecule has 0 aliphatic carbocycles. The smallest absolute Gasteiger partial charge is 0.273 e. The highest BCUT2D eigenvalue weighted by Gasteiger charge is 2.34. The molecule has 0 spiro atoms. The normalized spacial score (nSPS) is 12.2. The van der Waals surface area contributed by atoms with Gasteiger partial charge in [0.1, 0.15) is 6.04 Å². The maximum absolute atomic E-state index is 13.3. The van der Waals surface area contributed by atoms with E-state index in [0.29, 0.717) is 28.0 Å². The summed E-state index contributed by atoms with van der Waals surface area (Å²) in [7, 11) is 0. The Labute approximate surface area is 197 Å². The maximum Gasteiger partial charge on any atom is 0.273 e. The Morgan fingerprint density at radius 2 is 1.91 bits per heavy atom. The van der Waals surface area contributed by atoms with Crippen LogP contribution in [0.15, 0.2) is 42.5 Å². The average molecular weight is 468 g/mol. The molecule has 1 aromatic heterocycles. The minimum Gasteiger partial charge on any atom is -0.395 e. The number of hydrogen-bond donors (Lipinski definition) is 3. The second-order valence-corrected chi connectivity index (χ2v) is 9.20. The fourth-order valence-electron chi connectivity index (χ4n) is 3.45. The van der Waals surface area contributed by atoms with Gasteiger partial charge in [0.2, 0.25) is 5.91 Å². The van der Waals surface area contributed by atoms with Gasteiger partial charge in [-0.3, -0.25) is 14.3 Å². The van der Waals surface area contributed by atoms with Crippen molar-refractivity contribution in [2.24, 2.45) is 5.41 Å². The average Bonchev–Trinajstić information content (AvgIpc) is 3.12. The number of rotatable bonds is 7. The molecule has 0 saturated heterocycles. The van der Waals surface area contributed by atoms with Crippen LogP contribution in [0.5, 0.6) is 0 Å². The molecule has 1 atom stereocenters. The number of carbonyl (C=O) groups excluding carboxylic acids is 2. The SMILES string of the molecule is CC(C)(C)[C@H](NC(=O)c1nn(Cc2ccc(C#N)cc2)c2ccc(Cl)cc12)C(=O)NCCO. The molecule has 3 N–H and O–H groups in total. The van der Waals surface area contributed by atoms with Crippen molar-refractivity contribution in [3.63, 3.8) is 0 Å². The first-order chi connectivity index (χ1) is 15.6. The Morgan fingerprint density at radius 1 is 1.21 bits per heavy atom. The van der Waals surface area contributed by atoms with Crippen molar-refractivity contribution in [1.82, 2.24) is 20.4 Å². The number of hydrogen-bond acceptors (Lipinski definition) is 5. The van der Waals surface area contributed by atoms with E-state index in [1.54, 1.807) is 35.0 Å². The molecule has 8 nitrogen and oxygen atoms in total. The molecule has 9 heteroatoms. The number of nitriles is 1. The summed E-state index contributed by atoms with van der Waals surface area (Å²) in [4.78, 5) is 25.9. The Hall–Kier alpha value is -3.41. The van der Waals surface area contributed by atoms with Crippen LogP contribution in [0.1, 0.15) is 42.4 Å². The molecule has 0 aliphatic heterocycles. The highest BCUT2D eigenvalue weighted by Crippen LogP contribution is 2.25. The largest absolute Gasteiger partial charge is 0.395 e. The molecule has 0 unspecified atom stereocenters. The summed E-state index contributed by atoms with van der Waals surface area (Å²) >= 11 is 6.20. The van der Waals surface area contributed by atoms with Crippen molar-refractivity contribution < 1.29 is 14.7 Å². The summed E-state index contributed by atoms with van der Waals surface area (Å²) in [5.41, 5.74) is 1.77. The van der Waals surface area contributed by atoms with Gasteiger partial charge in [0.15, 0.2) is 5.69 Å². The molecule has 2 aromatic carbocycles. The van der Waals surface area contributed by atoms with E-state index < -0.39 is 17.4 Å². The van der Waals surface area contributed by atoms with Gasteiger partial charge in [-0.05, 0) is 41.3 Å². The van der Waals surface area contributed by atoms with Crippen LogP contribution in [-0.2, 0) is 11.3 Å². The lowest BCUT2D eigenvalue weighted by molar-refractivity contribution is -0.125. The molecular formula is C24H26ClN5O3. The van der Waals surface area contributed by atoms with Crippen molar-refractivity contribution >= 4 is 34.3 Å². The predicted octanol–water partition coefficient (Wildman–Crippen LogP) is 2.86. The fraction of sp³-hybridized carbons (Fsp3) is 0.333. The third-order valence-corrected chi connectivity index (χ3v) is 5.39. The number of halogens is 1. The van der Waals surface area contributed by atoms with Crippen LogP contribution < -0.4 is 10.6 Å². The van der Waals surface area contributed by atoms with Crippen LogP contribution in [0.4, 0.5) is 0 Å². The first-order valence-electron chi connectivity index (χ1n) is 10.5. The fourth-order valence-corrected chi connectivity index (χ4v) is 3.63. The maximum atomic E-state index is 13.3. The van der Waals surface area contributed by atoms with Gasteiger partial charge in [-0.25, -0.2) is 0 Å². The van der Waals surface area contributed by atoms with Crippen molar-refractivity contribution in [2.45, 2.75) is 33.4 Å². The highest BCUT2D eigenvalue weighted by molar-refractivity contribution is 6.31. The Bertz CT molecular complexity index is 1210. The lowest BCUT2D eigenvalue weighted by Gasteiger charge is -2.30. The van der Waals surface area contributed by atoms with E-state index in [2.05, 4.69) is 21.8 Å². The van der Waals surface area contributed by atoms with Crippen molar-refractivity contribution in [3.8, 4) is 6.07 Å². The number of aliphatic hydroxyl groups excluding tert-OH is 1. The summed E-state index contributed by atoms with van der Waals surface area (Å²) in [6.07, 6.45) is 0.